The quantitative estimate of drug-likeness (QED) is 0.638. The fraction of sp³-hybridized carbons (Fsp3) is 0.357. The molecule has 3 amide bonds. The Morgan fingerprint density at radius 1 is 1.29 bits per heavy atom. The lowest BCUT2D eigenvalue weighted by atomic mass is 10.2. The molecule has 0 bridgehead atoms. The highest BCUT2D eigenvalue weighted by molar-refractivity contribution is 8.00. The van der Waals surface area contributed by atoms with Crippen LogP contribution in [0.5, 0.6) is 0 Å². The summed E-state index contributed by atoms with van der Waals surface area (Å²) in [6, 6.07) is 7.98. The Hall–Kier alpha value is -2.02. The fourth-order valence-corrected chi connectivity index (χ4v) is 3.28. The van der Waals surface area contributed by atoms with Gasteiger partial charge in [-0.3, -0.25) is 25.2 Å². The van der Waals surface area contributed by atoms with E-state index in [1.54, 1.807) is 30.3 Å². The number of nitrogens with one attached hydrogen (secondary N) is 2. The Morgan fingerprint density at radius 3 is 2.57 bits per heavy atom. The number of carbonyl (C=O) groups is 3. The van der Waals surface area contributed by atoms with E-state index < -0.39 is 22.7 Å². The molecule has 1 aliphatic rings. The molecule has 0 aliphatic carbocycles. The topological polar surface area (TPSA) is 78.5 Å². The van der Waals surface area contributed by atoms with Gasteiger partial charge in [-0.1, -0.05) is 18.2 Å². The predicted octanol–water partition coefficient (Wildman–Crippen LogP) is 0.757. The Balaban J connectivity index is 1.94. The molecule has 7 heteroatoms. The summed E-state index contributed by atoms with van der Waals surface area (Å²) in [6.07, 6.45) is 0.670. The maximum Gasteiger partial charge on any atom is 0.269 e. The SMILES string of the molecule is CC1(C)SC[C@H](C(=O)NNC(=O)c2ccccc2)N1C=O. The standard InChI is InChI=1S/C14H17N3O3S/c1-14(2)17(9-18)11(8-21-14)13(20)16-15-12(19)10-6-4-3-5-7-10/h3-7,9,11H,8H2,1-2H3,(H,15,19)(H,16,20)/t11-/m1/s1. The molecule has 0 radical (unpaired) electrons. The molecule has 0 unspecified atom stereocenters. The minimum atomic E-state index is -0.585. The van der Waals surface area contributed by atoms with Crippen LogP contribution in [0.2, 0.25) is 0 Å². The van der Waals surface area contributed by atoms with E-state index in [1.807, 2.05) is 13.8 Å². The number of rotatable bonds is 3. The largest absolute Gasteiger partial charge is 0.318 e. The van der Waals surface area contributed by atoms with Gasteiger partial charge in [-0.15, -0.1) is 11.8 Å². The van der Waals surface area contributed by atoms with Gasteiger partial charge in [-0.05, 0) is 26.0 Å². The molecule has 1 aliphatic heterocycles. The lowest BCUT2D eigenvalue weighted by Crippen LogP contribution is -2.53. The van der Waals surface area contributed by atoms with E-state index in [4.69, 9.17) is 0 Å². The lowest BCUT2D eigenvalue weighted by molar-refractivity contribution is -0.133. The number of amides is 3. The second-order valence-electron chi connectivity index (χ2n) is 5.10. The summed E-state index contributed by atoms with van der Waals surface area (Å²) in [5.74, 6) is -0.297. The molecule has 21 heavy (non-hydrogen) atoms. The van der Waals surface area contributed by atoms with Crippen molar-refractivity contribution >= 4 is 30.0 Å². The van der Waals surface area contributed by atoms with E-state index in [1.165, 1.54) is 16.7 Å². The van der Waals surface area contributed by atoms with Crippen LogP contribution in [0.1, 0.15) is 24.2 Å². The Morgan fingerprint density at radius 2 is 1.95 bits per heavy atom. The van der Waals surface area contributed by atoms with Gasteiger partial charge in [0.15, 0.2) is 0 Å². The van der Waals surface area contributed by atoms with Gasteiger partial charge < -0.3 is 4.90 Å². The molecule has 112 valence electrons. The first-order chi connectivity index (χ1) is 9.95. The van der Waals surface area contributed by atoms with Crippen molar-refractivity contribution in [2.24, 2.45) is 0 Å². The van der Waals surface area contributed by atoms with E-state index in [0.29, 0.717) is 17.7 Å². The summed E-state index contributed by atoms with van der Waals surface area (Å²) in [5.41, 5.74) is 5.18. The Labute approximate surface area is 127 Å². The molecule has 1 fully saturated rings. The first-order valence-corrected chi connectivity index (χ1v) is 7.47. The molecule has 1 saturated heterocycles. The molecule has 1 atom stereocenters. The van der Waals surface area contributed by atoms with Gasteiger partial charge >= 0.3 is 0 Å². The highest BCUT2D eigenvalue weighted by Crippen LogP contribution is 2.37. The molecule has 1 heterocycles. The summed E-state index contributed by atoms with van der Waals surface area (Å²) in [7, 11) is 0. The third kappa shape index (κ3) is 3.36. The smallest absolute Gasteiger partial charge is 0.269 e. The number of hydrazine groups is 1. The predicted molar refractivity (Wildman–Crippen MR) is 80.3 cm³/mol. The number of nitrogens with zero attached hydrogens (tertiary/aromatic N) is 1. The zero-order valence-corrected chi connectivity index (χ0v) is 12.6. The van der Waals surface area contributed by atoms with Crippen LogP contribution in [-0.4, -0.2) is 39.8 Å². The van der Waals surface area contributed by atoms with Crippen LogP contribution in [0.15, 0.2) is 30.3 Å². The summed E-state index contributed by atoms with van der Waals surface area (Å²) >= 11 is 1.52. The van der Waals surface area contributed by atoms with Crippen LogP contribution in [0, 0.1) is 0 Å². The molecule has 0 aromatic heterocycles. The van der Waals surface area contributed by atoms with Gasteiger partial charge in [0.05, 0.1) is 4.87 Å². The summed E-state index contributed by atoms with van der Waals surface area (Å²) < 4.78 is 0. The van der Waals surface area contributed by atoms with Gasteiger partial charge in [-0.25, -0.2) is 0 Å². The number of carbonyl (C=O) groups excluding carboxylic acids is 3. The van der Waals surface area contributed by atoms with E-state index in [9.17, 15) is 14.4 Å². The minimum Gasteiger partial charge on any atom is -0.318 e. The van der Waals surface area contributed by atoms with Gasteiger partial charge in [0.25, 0.3) is 11.8 Å². The first-order valence-electron chi connectivity index (χ1n) is 6.48. The van der Waals surface area contributed by atoms with Crippen molar-refractivity contribution in [1.29, 1.82) is 0 Å². The first kappa shape index (κ1) is 15.4. The normalized spacial score (nSPS) is 19.9. The highest BCUT2D eigenvalue weighted by Gasteiger charge is 2.42. The van der Waals surface area contributed by atoms with Crippen LogP contribution in [0.25, 0.3) is 0 Å². The molecule has 1 aromatic carbocycles. The van der Waals surface area contributed by atoms with Crippen molar-refractivity contribution in [3.8, 4) is 0 Å². The average Bonchev–Trinajstić information content (AvgIpc) is 2.80. The van der Waals surface area contributed by atoms with Gasteiger partial charge in [-0.2, -0.15) is 0 Å². The van der Waals surface area contributed by atoms with Crippen LogP contribution in [0.3, 0.4) is 0 Å². The molecule has 1 aromatic rings. The summed E-state index contributed by atoms with van der Waals surface area (Å²) in [6.45, 7) is 3.75. The molecular weight excluding hydrogens is 290 g/mol. The van der Waals surface area contributed by atoms with E-state index in [2.05, 4.69) is 10.9 Å². The van der Waals surface area contributed by atoms with Crippen molar-refractivity contribution in [1.82, 2.24) is 15.8 Å². The van der Waals surface area contributed by atoms with Gasteiger partial charge in [0.1, 0.15) is 6.04 Å². The Bertz CT molecular complexity index is 548. The third-order valence-corrected chi connectivity index (χ3v) is 4.70. The highest BCUT2D eigenvalue weighted by atomic mass is 32.2. The molecule has 6 nitrogen and oxygen atoms in total. The monoisotopic (exact) mass is 307 g/mol. The lowest BCUT2D eigenvalue weighted by Gasteiger charge is -2.30. The molecule has 0 saturated carbocycles. The van der Waals surface area contributed by atoms with E-state index >= 15 is 0 Å². The van der Waals surface area contributed by atoms with Crippen LogP contribution >= 0.6 is 11.8 Å². The molecule has 2 rings (SSSR count). The van der Waals surface area contributed by atoms with Crippen molar-refractivity contribution in [2.45, 2.75) is 24.8 Å². The van der Waals surface area contributed by atoms with Gasteiger partial charge in [0, 0.05) is 11.3 Å². The van der Waals surface area contributed by atoms with Crippen molar-refractivity contribution in [3.05, 3.63) is 35.9 Å². The van der Waals surface area contributed by atoms with Crippen LogP contribution < -0.4 is 10.9 Å². The second kappa shape index (κ2) is 6.17. The maximum absolute atomic E-state index is 12.1. The second-order valence-corrected chi connectivity index (χ2v) is 6.72. The minimum absolute atomic E-state index is 0.397. The number of thioether (sulfide) groups is 1. The van der Waals surface area contributed by atoms with Gasteiger partial charge in [0.2, 0.25) is 6.41 Å². The van der Waals surface area contributed by atoms with Crippen LogP contribution in [-0.2, 0) is 9.59 Å². The zero-order chi connectivity index (χ0) is 15.5. The summed E-state index contributed by atoms with van der Waals surface area (Å²) in [4.78, 5) is 36.1. The van der Waals surface area contributed by atoms with Crippen molar-refractivity contribution in [2.75, 3.05) is 5.75 Å². The number of benzene rings is 1. The van der Waals surface area contributed by atoms with Crippen molar-refractivity contribution in [3.63, 3.8) is 0 Å². The number of hydrogen-bond donors (Lipinski definition) is 2. The molecule has 2 N–H and O–H groups in total. The number of hydrogen-bond acceptors (Lipinski definition) is 4. The van der Waals surface area contributed by atoms with Crippen LogP contribution in [0.4, 0.5) is 0 Å². The fourth-order valence-electron chi connectivity index (χ4n) is 2.08. The maximum atomic E-state index is 12.1. The third-order valence-electron chi connectivity index (χ3n) is 3.30. The zero-order valence-electron chi connectivity index (χ0n) is 11.8. The average molecular weight is 307 g/mol. The molecular formula is C14H17N3O3S. The summed E-state index contributed by atoms with van der Waals surface area (Å²) in [5, 5.41) is 0. The van der Waals surface area contributed by atoms with E-state index in [-0.39, 0.29) is 0 Å². The van der Waals surface area contributed by atoms with E-state index in [0.717, 1.165) is 0 Å². The molecule has 0 spiro atoms. The van der Waals surface area contributed by atoms with Crippen molar-refractivity contribution < 1.29 is 14.4 Å². The Kier molecular flexibility index (Phi) is 4.52.